The predicted molar refractivity (Wildman–Crippen MR) is 96.9 cm³/mol. The van der Waals surface area contributed by atoms with Gasteiger partial charge in [0.1, 0.15) is 4.83 Å². The maximum Gasteiger partial charge on any atom is 0.263 e. The van der Waals surface area contributed by atoms with E-state index in [0.29, 0.717) is 17.1 Å². The maximum atomic E-state index is 13.1. The fraction of sp³-hybridized carbons (Fsp3) is 0.562. The summed E-state index contributed by atoms with van der Waals surface area (Å²) < 4.78 is 7.34. The van der Waals surface area contributed by atoms with Crippen LogP contribution in [0.4, 0.5) is 0 Å². The van der Waals surface area contributed by atoms with Gasteiger partial charge in [0, 0.05) is 11.5 Å². The average molecular weight is 367 g/mol. The van der Waals surface area contributed by atoms with Crippen molar-refractivity contribution in [1.82, 2.24) is 9.55 Å². The number of aryl methyl sites for hydroxylation is 2. The molecular weight excluding hydrogens is 346 g/mol. The number of carbonyl (C=O) groups excluding carboxylic acids is 1. The van der Waals surface area contributed by atoms with E-state index in [1.807, 2.05) is 13.8 Å². The van der Waals surface area contributed by atoms with Gasteiger partial charge in [0.25, 0.3) is 5.56 Å². The Hall–Kier alpha value is -1.38. The summed E-state index contributed by atoms with van der Waals surface area (Å²) in [5.74, 6) is -0.316. The Morgan fingerprint density at radius 2 is 2.33 bits per heavy atom. The first kappa shape index (κ1) is 17.4. The number of hydrogen-bond donors (Lipinski definition) is 1. The zero-order valence-corrected chi connectivity index (χ0v) is 15.5. The molecule has 0 bridgehead atoms. The summed E-state index contributed by atoms with van der Waals surface area (Å²) in [6, 6.07) is 0. The zero-order chi connectivity index (χ0) is 17.3. The first-order valence-electron chi connectivity index (χ1n) is 8.06. The Labute approximate surface area is 148 Å². The van der Waals surface area contributed by atoms with Crippen molar-refractivity contribution in [3.63, 3.8) is 0 Å². The van der Waals surface area contributed by atoms with Crippen molar-refractivity contribution in [2.24, 2.45) is 5.73 Å². The topological polar surface area (TPSA) is 87.2 Å². The molecule has 2 N–H and O–H groups in total. The second-order valence-electron chi connectivity index (χ2n) is 5.87. The molecule has 2 aromatic heterocycles. The van der Waals surface area contributed by atoms with Crippen molar-refractivity contribution < 1.29 is 9.53 Å². The zero-order valence-electron chi connectivity index (χ0n) is 13.8. The molecule has 3 heterocycles. The number of nitrogens with zero attached hydrogens (tertiary/aromatic N) is 2. The fourth-order valence-electron chi connectivity index (χ4n) is 3.06. The van der Waals surface area contributed by atoms with Crippen LogP contribution in [-0.4, -0.2) is 33.9 Å². The third kappa shape index (κ3) is 3.36. The number of nitrogens with two attached hydrogens (primary N) is 1. The Bertz CT molecular complexity index is 822. The molecule has 1 aliphatic heterocycles. The molecule has 24 heavy (non-hydrogen) atoms. The van der Waals surface area contributed by atoms with Gasteiger partial charge in [0.2, 0.25) is 5.91 Å². The third-order valence-corrected chi connectivity index (χ3v) is 6.22. The molecule has 3 rings (SSSR count). The standard InChI is InChI=1S/C16H21N3O3S2/c1-3-11-9(2)24-14-13(11)15(21)19(7-10-5-4-6-22-10)16(18-14)23-8-12(17)20/h10H,3-8H2,1-2H3,(H2,17,20). The molecule has 0 saturated carbocycles. The number of ether oxygens (including phenoxy) is 1. The Morgan fingerprint density at radius 1 is 1.54 bits per heavy atom. The van der Waals surface area contributed by atoms with E-state index >= 15 is 0 Å². The van der Waals surface area contributed by atoms with Crippen LogP contribution in [0.5, 0.6) is 0 Å². The van der Waals surface area contributed by atoms with E-state index in [4.69, 9.17) is 10.5 Å². The Morgan fingerprint density at radius 3 is 2.96 bits per heavy atom. The van der Waals surface area contributed by atoms with Gasteiger partial charge < -0.3 is 10.5 Å². The number of aromatic nitrogens is 2. The number of fused-ring (bicyclic) bond motifs is 1. The monoisotopic (exact) mass is 367 g/mol. The number of rotatable bonds is 6. The highest BCUT2D eigenvalue weighted by Crippen LogP contribution is 2.30. The highest BCUT2D eigenvalue weighted by atomic mass is 32.2. The Kier molecular flexibility index (Phi) is 5.27. The Balaban J connectivity index is 2.11. The van der Waals surface area contributed by atoms with Gasteiger partial charge >= 0.3 is 0 Å². The molecule has 1 aliphatic rings. The van der Waals surface area contributed by atoms with Gasteiger partial charge in [-0.3, -0.25) is 14.2 Å². The summed E-state index contributed by atoms with van der Waals surface area (Å²) in [6.45, 7) is 5.27. The second-order valence-corrected chi connectivity index (χ2v) is 8.02. The molecule has 1 fully saturated rings. The van der Waals surface area contributed by atoms with Gasteiger partial charge in [-0.25, -0.2) is 4.98 Å². The SMILES string of the molecule is CCc1c(C)sc2nc(SCC(N)=O)n(CC3CCCO3)c(=O)c12. The van der Waals surface area contributed by atoms with Crippen molar-refractivity contribution in [2.75, 3.05) is 12.4 Å². The molecule has 0 aromatic carbocycles. The molecule has 130 valence electrons. The van der Waals surface area contributed by atoms with Crippen molar-refractivity contribution in [3.8, 4) is 0 Å². The van der Waals surface area contributed by atoms with Crippen LogP contribution in [0.25, 0.3) is 10.2 Å². The van der Waals surface area contributed by atoms with Gasteiger partial charge in [0.15, 0.2) is 5.16 Å². The smallest absolute Gasteiger partial charge is 0.263 e. The van der Waals surface area contributed by atoms with E-state index in [2.05, 4.69) is 4.98 Å². The third-order valence-electron chi connectivity index (χ3n) is 4.18. The van der Waals surface area contributed by atoms with Crippen LogP contribution in [0.3, 0.4) is 0 Å². The van der Waals surface area contributed by atoms with Crippen LogP contribution in [0.1, 0.15) is 30.2 Å². The quantitative estimate of drug-likeness (QED) is 0.624. The van der Waals surface area contributed by atoms with E-state index in [-0.39, 0.29) is 17.4 Å². The van der Waals surface area contributed by atoms with E-state index in [1.165, 1.54) is 23.1 Å². The van der Waals surface area contributed by atoms with E-state index < -0.39 is 5.91 Å². The van der Waals surface area contributed by atoms with E-state index in [9.17, 15) is 9.59 Å². The number of thiophene rings is 1. The van der Waals surface area contributed by atoms with Crippen LogP contribution < -0.4 is 11.3 Å². The lowest BCUT2D eigenvalue weighted by molar-refractivity contribution is -0.115. The van der Waals surface area contributed by atoms with Gasteiger partial charge in [0.05, 0.1) is 23.8 Å². The highest BCUT2D eigenvalue weighted by molar-refractivity contribution is 7.99. The van der Waals surface area contributed by atoms with Crippen LogP contribution in [0, 0.1) is 6.92 Å². The second kappa shape index (κ2) is 7.25. The summed E-state index contributed by atoms with van der Waals surface area (Å²) >= 11 is 2.75. The van der Waals surface area contributed by atoms with Gasteiger partial charge in [-0.1, -0.05) is 18.7 Å². The number of hydrogen-bond acceptors (Lipinski definition) is 6. The normalized spacial score (nSPS) is 17.7. The summed E-state index contributed by atoms with van der Waals surface area (Å²) in [7, 11) is 0. The molecule has 0 radical (unpaired) electrons. The lowest BCUT2D eigenvalue weighted by atomic mass is 10.1. The molecule has 1 amide bonds. The molecule has 1 unspecified atom stereocenters. The summed E-state index contributed by atoms with van der Waals surface area (Å²) in [4.78, 5) is 30.8. The summed E-state index contributed by atoms with van der Waals surface area (Å²) in [5, 5.41) is 1.26. The molecule has 6 nitrogen and oxygen atoms in total. The van der Waals surface area contributed by atoms with Crippen molar-refractivity contribution in [2.45, 2.75) is 50.9 Å². The number of amides is 1. The predicted octanol–water partition coefficient (Wildman–Crippen LogP) is 2.09. The van der Waals surface area contributed by atoms with Gasteiger partial charge in [-0.2, -0.15) is 0 Å². The average Bonchev–Trinajstić information content (AvgIpc) is 3.15. The van der Waals surface area contributed by atoms with E-state index in [1.54, 1.807) is 4.57 Å². The van der Waals surface area contributed by atoms with Crippen molar-refractivity contribution in [3.05, 3.63) is 20.8 Å². The van der Waals surface area contributed by atoms with Crippen LogP contribution in [0.15, 0.2) is 9.95 Å². The number of carbonyl (C=O) groups is 1. The first-order chi connectivity index (χ1) is 11.5. The largest absolute Gasteiger partial charge is 0.376 e. The van der Waals surface area contributed by atoms with Gasteiger partial charge in [-0.05, 0) is 31.7 Å². The molecule has 0 spiro atoms. The summed E-state index contributed by atoms with van der Waals surface area (Å²) in [5.41, 5.74) is 6.29. The molecule has 1 saturated heterocycles. The van der Waals surface area contributed by atoms with Gasteiger partial charge in [-0.15, -0.1) is 11.3 Å². The highest BCUT2D eigenvalue weighted by Gasteiger charge is 2.22. The maximum absolute atomic E-state index is 13.1. The van der Waals surface area contributed by atoms with Crippen LogP contribution in [0.2, 0.25) is 0 Å². The van der Waals surface area contributed by atoms with Crippen LogP contribution in [-0.2, 0) is 22.5 Å². The molecule has 0 aliphatic carbocycles. The minimum Gasteiger partial charge on any atom is -0.376 e. The first-order valence-corrected chi connectivity index (χ1v) is 9.87. The lowest BCUT2D eigenvalue weighted by Crippen LogP contribution is -2.29. The van der Waals surface area contributed by atoms with Crippen molar-refractivity contribution >= 4 is 39.2 Å². The molecule has 8 heteroatoms. The summed E-state index contributed by atoms with van der Waals surface area (Å²) in [6.07, 6.45) is 2.78. The van der Waals surface area contributed by atoms with E-state index in [0.717, 1.165) is 41.1 Å². The molecular formula is C16H21N3O3S2. The molecule has 1 atom stereocenters. The number of thioether (sulfide) groups is 1. The van der Waals surface area contributed by atoms with Crippen molar-refractivity contribution in [1.29, 1.82) is 0 Å². The van der Waals surface area contributed by atoms with Crippen LogP contribution >= 0.6 is 23.1 Å². The fourth-order valence-corrected chi connectivity index (χ4v) is 4.96. The lowest BCUT2D eigenvalue weighted by Gasteiger charge is -2.15. The number of primary amides is 1. The minimum atomic E-state index is -0.422. The minimum absolute atomic E-state index is 0.0275. The molecule has 2 aromatic rings.